The first-order valence-corrected chi connectivity index (χ1v) is 7.13. The smallest absolute Gasteiger partial charge is 0.306 e. The Hall–Kier alpha value is -1.51. The van der Waals surface area contributed by atoms with Gasteiger partial charge in [0, 0.05) is 25.1 Å². The molecule has 0 aliphatic rings. The van der Waals surface area contributed by atoms with Crippen LogP contribution in [0.1, 0.15) is 26.7 Å². The van der Waals surface area contributed by atoms with Crippen molar-refractivity contribution in [2.24, 2.45) is 5.41 Å². The molecule has 0 spiro atoms. The van der Waals surface area contributed by atoms with Crippen LogP contribution >= 0.6 is 0 Å². The Morgan fingerprint density at radius 1 is 1.52 bits per heavy atom. The van der Waals surface area contributed by atoms with Crippen LogP contribution in [0.5, 0.6) is 0 Å². The van der Waals surface area contributed by atoms with Gasteiger partial charge in [0.15, 0.2) is 0 Å². The minimum Gasteiger partial charge on any atom is -0.396 e. The summed E-state index contributed by atoms with van der Waals surface area (Å²) in [4.78, 5) is 10.0. The number of nitrogens with zero attached hydrogens (tertiary/aromatic N) is 3. The normalized spacial score (nSPS) is 13.3. The summed E-state index contributed by atoms with van der Waals surface area (Å²) in [6.07, 6.45) is 3.46. The van der Waals surface area contributed by atoms with Crippen molar-refractivity contribution in [2.45, 2.75) is 39.3 Å². The Morgan fingerprint density at radius 2 is 2.19 bits per heavy atom. The molecule has 1 heterocycles. The first kappa shape index (κ1) is 17.5. The van der Waals surface area contributed by atoms with Gasteiger partial charge in [-0.1, -0.05) is 13.8 Å². The number of hydrogen-bond donors (Lipinski definition) is 3. The lowest BCUT2D eigenvalue weighted by Crippen LogP contribution is -2.40. The van der Waals surface area contributed by atoms with Gasteiger partial charge < -0.3 is 15.5 Å². The topological polar surface area (TPSA) is 113 Å². The van der Waals surface area contributed by atoms with Crippen LogP contribution in [0.2, 0.25) is 0 Å². The van der Waals surface area contributed by atoms with Crippen molar-refractivity contribution in [3.05, 3.63) is 22.5 Å². The second-order valence-electron chi connectivity index (χ2n) is 5.33. The van der Waals surface area contributed by atoms with Gasteiger partial charge in [0.25, 0.3) is 0 Å². The summed E-state index contributed by atoms with van der Waals surface area (Å²) in [5.41, 5.74) is -0.254. The fraction of sp³-hybridized carbons (Fsp3) is 0.769. The molecule has 0 saturated carbocycles. The van der Waals surface area contributed by atoms with Gasteiger partial charge in [0.2, 0.25) is 0 Å². The third-order valence-electron chi connectivity index (χ3n) is 3.94. The largest absolute Gasteiger partial charge is 0.396 e. The lowest BCUT2D eigenvalue weighted by Gasteiger charge is -2.30. The molecule has 8 heteroatoms. The highest BCUT2D eigenvalue weighted by atomic mass is 16.6. The highest BCUT2D eigenvalue weighted by Gasteiger charge is 2.24. The fourth-order valence-electron chi connectivity index (χ4n) is 2.11. The van der Waals surface area contributed by atoms with Gasteiger partial charge in [-0.3, -0.25) is 14.8 Å². The summed E-state index contributed by atoms with van der Waals surface area (Å²) in [5.74, 6) is 0. The predicted octanol–water partition coefficient (Wildman–Crippen LogP) is 0.540. The molecule has 0 aliphatic heterocycles. The van der Waals surface area contributed by atoms with E-state index >= 15 is 0 Å². The first-order valence-electron chi connectivity index (χ1n) is 7.13. The zero-order valence-corrected chi connectivity index (χ0v) is 12.5. The van der Waals surface area contributed by atoms with E-state index in [9.17, 15) is 20.3 Å². The number of aliphatic hydroxyl groups is 2. The maximum atomic E-state index is 10.5. The lowest BCUT2D eigenvalue weighted by atomic mass is 9.83. The molecule has 0 saturated heterocycles. The number of aromatic nitrogens is 2. The van der Waals surface area contributed by atoms with Gasteiger partial charge in [-0.05, 0) is 12.8 Å². The highest BCUT2D eigenvalue weighted by molar-refractivity contribution is 5.20. The summed E-state index contributed by atoms with van der Waals surface area (Å²) < 4.78 is 1.35. The summed E-state index contributed by atoms with van der Waals surface area (Å²) in [7, 11) is 0. The molecular weight excluding hydrogens is 276 g/mol. The molecule has 8 nitrogen and oxygen atoms in total. The lowest BCUT2D eigenvalue weighted by molar-refractivity contribution is -0.385. The van der Waals surface area contributed by atoms with Crippen molar-refractivity contribution in [2.75, 3.05) is 19.7 Å². The van der Waals surface area contributed by atoms with Gasteiger partial charge in [-0.15, -0.1) is 0 Å². The Balaban J connectivity index is 2.40. The van der Waals surface area contributed by atoms with Crippen LogP contribution in [0.15, 0.2) is 12.4 Å². The molecule has 0 amide bonds. The van der Waals surface area contributed by atoms with Crippen molar-refractivity contribution in [1.29, 1.82) is 0 Å². The molecule has 1 atom stereocenters. The molecule has 1 aromatic rings. The summed E-state index contributed by atoms with van der Waals surface area (Å²) in [5, 5.41) is 36.9. The SMILES string of the molecule is CCC(CC)(CO)CNCC(O)Cn1cc([N+](=O)[O-])cn1. The Labute approximate surface area is 123 Å². The van der Waals surface area contributed by atoms with Crippen LogP contribution in [0.4, 0.5) is 5.69 Å². The van der Waals surface area contributed by atoms with Crippen molar-refractivity contribution < 1.29 is 15.1 Å². The van der Waals surface area contributed by atoms with Crippen LogP contribution < -0.4 is 5.32 Å². The molecule has 0 fully saturated rings. The second-order valence-corrected chi connectivity index (χ2v) is 5.33. The van der Waals surface area contributed by atoms with E-state index in [1.807, 2.05) is 13.8 Å². The zero-order chi connectivity index (χ0) is 15.9. The second kappa shape index (κ2) is 8.06. The Morgan fingerprint density at radius 3 is 2.67 bits per heavy atom. The van der Waals surface area contributed by atoms with Crippen molar-refractivity contribution in [3.8, 4) is 0 Å². The van der Waals surface area contributed by atoms with E-state index < -0.39 is 11.0 Å². The monoisotopic (exact) mass is 300 g/mol. The fourth-order valence-corrected chi connectivity index (χ4v) is 2.11. The molecule has 0 aromatic carbocycles. The van der Waals surface area contributed by atoms with Gasteiger partial charge in [-0.25, -0.2) is 0 Å². The molecule has 0 aliphatic carbocycles. The standard InChI is InChI=1S/C13H24N4O4/c1-3-13(4-2,10-18)9-14-6-12(19)8-16-7-11(5-15-16)17(20)21/h5,7,12,14,18-19H,3-4,6,8-10H2,1-2H3. The van der Waals surface area contributed by atoms with Crippen LogP contribution in [-0.4, -0.2) is 50.7 Å². The van der Waals surface area contributed by atoms with Gasteiger partial charge in [0.1, 0.15) is 12.4 Å². The van der Waals surface area contributed by atoms with E-state index in [1.165, 1.54) is 10.9 Å². The third kappa shape index (κ3) is 5.07. The van der Waals surface area contributed by atoms with Crippen molar-refractivity contribution in [1.82, 2.24) is 15.1 Å². The van der Waals surface area contributed by atoms with Crippen LogP contribution in [0.25, 0.3) is 0 Å². The van der Waals surface area contributed by atoms with Crippen molar-refractivity contribution >= 4 is 5.69 Å². The molecule has 1 rings (SSSR count). The summed E-state index contributed by atoms with van der Waals surface area (Å²) in [6, 6.07) is 0. The first-order chi connectivity index (χ1) is 9.96. The maximum Gasteiger partial charge on any atom is 0.306 e. The Kier molecular flexibility index (Phi) is 6.73. The maximum absolute atomic E-state index is 10.5. The van der Waals surface area contributed by atoms with Crippen LogP contribution in [-0.2, 0) is 6.54 Å². The van der Waals surface area contributed by atoms with Gasteiger partial charge in [-0.2, -0.15) is 5.10 Å². The molecule has 21 heavy (non-hydrogen) atoms. The molecule has 0 radical (unpaired) electrons. The number of nitrogens with one attached hydrogen (secondary N) is 1. The van der Waals surface area contributed by atoms with E-state index in [2.05, 4.69) is 10.4 Å². The van der Waals surface area contributed by atoms with Crippen LogP contribution in [0.3, 0.4) is 0 Å². The minimum atomic E-state index is -0.699. The Bertz CT molecular complexity index is 437. The predicted molar refractivity (Wildman–Crippen MR) is 77.9 cm³/mol. The van der Waals surface area contributed by atoms with E-state index in [0.29, 0.717) is 13.1 Å². The van der Waals surface area contributed by atoms with Gasteiger partial charge >= 0.3 is 5.69 Å². The molecule has 1 unspecified atom stereocenters. The number of rotatable bonds is 10. The number of aliphatic hydroxyl groups excluding tert-OH is 2. The number of hydrogen-bond acceptors (Lipinski definition) is 6. The molecular formula is C13H24N4O4. The average molecular weight is 300 g/mol. The quantitative estimate of drug-likeness (QED) is 0.429. The third-order valence-corrected chi connectivity index (χ3v) is 3.94. The average Bonchev–Trinajstić information content (AvgIpc) is 2.93. The molecule has 0 bridgehead atoms. The zero-order valence-electron chi connectivity index (χ0n) is 12.5. The van der Waals surface area contributed by atoms with E-state index in [4.69, 9.17) is 0 Å². The molecule has 120 valence electrons. The summed E-state index contributed by atoms with van der Waals surface area (Å²) >= 11 is 0. The van der Waals surface area contributed by atoms with Crippen LogP contribution in [0, 0.1) is 15.5 Å². The highest BCUT2D eigenvalue weighted by Crippen LogP contribution is 2.24. The van der Waals surface area contributed by atoms with Gasteiger partial charge in [0.05, 0.1) is 17.6 Å². The van der Waals surface area contributed by atoms with E-state index in [-0.39, 0.29) is 24.3 Å². The van der Waals surface area contributed by atoms with E-state index in [0.717, 1.165) is 19.0 Å². The molecule has 3 N–H and O–H groups in total. The van der Waals surface area contributed by atoms with E-state index in [1.54, 1.807) is 0 Å². The minimum absolute atomic E-state index is 0.0913. The van der Waals surface area contributed by atoms with Crippen molar-refractivity contribution in [3.63, 3.8) is 0 Å². The molecule has 1 aromatic heterocycles. The summed E-state index contributed by atoms with van der Waals surface area (Å²) in [6.45, 7) is 5.31. The number of nitro groups is 1.